The molecule has 0 spiro atoms. The Hall–Kier alpha value is -2.31. The first kappa shape index (κ1) is 18.5. The molecular weight excluding hydrogens is 401 g/mol. The average molecular weight is 420 g/mol. The molecule has 1 fully saturated rings. The molecule has 26 heavy (non-hydrogen) atoms. The van der Waals surface area contributed by atoms with Crippen molar-refractivity contribution in [2.75, 3.05) is 0 Å². The second kappa shape index (κ2) is 7.93. The number of aromatic amines is 1. The summed E-state index contributed by atoms with van der Waals surface area (Å²) in [5.41, 5.74) is 9.56. The van der Waals surface area contributed by atoms with Crippen LogP contribution in [0.3, 0.4) is 0 Å². The number of nitrogens with one attached hydrogen (secondary N) is 1. The fourth-order valence-electron chi connectivity index (χ4n) is 2.84. The second-order valence-corrected chi connectivity index (χ2v) is 8.53. The van der Waals surface area contributed by atoms with Gasteiger partial charge in [-0.3, -0.25) is 0 Å². The van der Waals surface area contributed by atoms with Crippen molar-refractivity contribution in [2.45, 2.75) is 44.0 Å². The summed E-state index contributed by atoms with van der Waals surface area (Å²) >= 11 is 0.169. The van der Waals surface area contributed by atoms with E-state index in [4.69, 9.17) is 10.3 Å². The number of hydrogen-bond acceptors (Lipinski definition) is 4. The summed E-state index contributed by atoms with van der Waals surface area (Å²) in [5, 5.41) is 4.60. The number of nitrogens with zero attached hydrogens (tertiary/aromatic N) is 4. The van der Waals surface area contributed by atoms with Gasteiger partial charge in [-0.25, -0.2) is 0 Å². The molecule has 1 aromatic heterocycles. The van der Waals surface area contributed by atoms with E-state index in [9.17, 15) is 9.59 Å². The number of ether oxygens (including phenoxy) is 1. The molecule has 0 radical (unpaired) electrons. The SMILES string of the molecule is Cc1ccc([Se]C[C@H]2O[C@@H](n3cc(C)c(=O)[nH]c3=O)C[C@@H]2N=[N+]=[N-])cc1. The van der Waals surface area contributed by atoms with E-state index in [0.29, 0.717) is 12.0 Å². The van der Waals surface area contributed by atoms with Gasteiger partial charge in [-0.1, -0.05) is 0 Å². The molecule has 1 aliphatic heterocycles. The van der Waals surface area contributed by atoms with E-state index in [2.05, 4.69) is 39.3 Å². The van der Waals surface area contributed by atoms with Gasteiger partial charge in [0, 0.05) is 0 Å². The van der Waals surface area contributed by atoms with Gasteiger partial charge in [0.15, 0.2) is 0 Å². The molecule has 3 atom stereocenters. The van der Waals surface area contributed by atoms with Crippen LogP contribution in [0.1, 0.15) is 23.8 Å². The summed E-state index contributed by atoms with van der Waals surface area (Å²) in [4.78, 5) is 28.8. The predicted molar refractivity (Wildman–Crippen MR) is 98.9 cm³/mol. The minimum atomic E-state index is -0.549. The number of aryl methyl sites for hydroxylation is 2. The first-order valence-corrected chi connectivity index (χ1v) is 10.3. The second-order valence-electron chi connectivity index (χ2n) is 6.24. The van der Waals surface area contributed by atoms with E-state index in [-0.39, 0.29) is 27.1 Å². The van der Waals surface area contributed by atoms with E-state index in [1.165, 1.54) is 20.8 Å². The molecule has 2 aromatic rings. The van der Waals surface area contributed by atoms with Crippen molar-refractivity contribution in [3.8, 4) is 0 Å². The average Bonchev–Trinajstić information content (AvgIpc) is 3.01. The number of rotatable bonds is 5. The molecule has 1 aromatic carbocycles. The zero-order valence-corrected chi connectivity index (χ0v) is 16.2. The number of H-pyrrole nitrogens is 1. The Morgan fingerprint density at radius 3 is 2.77 bits per heavy atom. The molecule has 0 amide bonds. The number of hydrogen-bond donors (Lipinski definition) is 1. The zero-order valence-electron chi connectivity index (χ0n) is 14.5. The summed E-state index contributed by atoms with van der Waals surface area (Å²) < 4.78 is 8.64. The maximum absolute atomic E-state index is 12.1. The third-order valence-electron chi connectivity index (χ3n) is 4.30. The third kappa shape index (κ3) is 4.08. The normalized spacial score (nSPS) is 22.2. The van der Waals surface area contributed by atoms with Crippen LogP contribution in [0.5, 0.6) is 0 Å². The number of benzene rings is 1. The molecule has 136 valence electrons. The van der Waals surface area contributed by atoms with Gasteiger partial charge in [-0.05, 0) is 0 Å². The molecule has 9 heteroatoms. The van der Waals surface area contributed by atoms with Crippen molar-refractivity contribution in [1.82, 2.24) is 9.55 Å². The van der Waals surface area contributed by atoms with Gasteiger partial charge < -0.3 is 0 Å². The Balaban J connectivity index is 1.77. The van der Waals surface area contributed by atoms with Crippen LogP contribution in [0.15, 0.2) is 45.2 Å². The minimum absolute atomic E-state index is 0.169. The van der Waals surface area contributed by atoms with E-state index in [1.807, 2.05) is 6.92 Å². The Morgan fingerprint density at radius 1 is 1.35 bits per heavy atom. The van der Waals surface area contributed by atoms with Gasteiger partial charge in [-0.2, -0.15) is 0 Å². The molecule has 1 saturated heterocycles. The molecule has 0 unspecified atom stereocenters. The van der Waals surface area contributed by atoms with Gasteiger partial charge in [-0.15, -0.1) is 0 Å². The molecule has 0 aliphatic carbocycles. The number of azide groups is 1. The van der Waals surface area contributed by atoms with Crippen LogP contribution in [-0.4, -0.2) is 36.7 Å². The third-order valence-corrected chi connectivity index (χ3v) is 6.60. The van der Waals surface area contributed by atoms with Crippen molar-refractivity contribution in [3.05, 3.63) is 72.9 Å². The van der Waals surface area contributed by atoms with Crippen LogP contribution in [0.2, 0.25) is 5.32 Å². The fourth-order valence-corrected chi connectivity index (χ4v) is 4.91. The topological polar surface area (TPSA) is 113 Å². The number of aromatic nitrogens is 2. The van der Waals surface area contributed by atoms with Gasteiger partial charge in [0.1, 0.15) is 0 Å². The van der Waals surface area contributed by atoms with Crippen LogP contribution in [-0.2, 0) is 4.74 Å². The first-order valence-electron chi connectivity index (χ1n) is 8.19. The summed E-state index contributed by atoms with van der Waals surface area (Å²) in [7, 11) is 0. The van der Waals surface area contributed by atoms with E-state index in [0.717, 1.165) is 5.32 Å². The van der Waals surface area contributed by atoms with E-state index in [1.54, 1.807) is 6.92 Å². The Bertz CT molecular complexity index is 946. The van der Waals surface area contributed by atoms with E-state index >= 15 is 0 Å². The monoisotopic (exact) mass is 421 g/mol. The van der Waals surface area contributed by atoms with Gasteiger partial charge in [0.25, 0.3) is 0 Å². The van der Waals surface area contributed by atoms with E-state index < -0.39 is 17.5 Å². The van der Waals surface area contributed by atoms with Gasteiger partial charge in [0.05, 0.1) is 0 Å². The van der Waals surface area contributed by atoms with Crippen molar-refractivity contribution >= 4 is 19.4 Å². The van der Waals surface area contributed by atoms with Crippen molar-refractivity contribution in [2.24, 2.45) is 5.11 Å². The molecule has 1 N–H and O–H groups in total. The van der Waals surface area contributed by atoms with Gasteiger partial charge in [0.2, 0.25) is 0 Å². The standard InChI is InChI=1S/C17H19N5O3Se/c1-10-3-5-12(6-4-10)26-9-14-13(20-21-18)7-15(25-14)22-8-11(2)16(23)19-17(22)24/h3-6,8,13-15H,7,9H2,1-2H3,(H,19,23,24)/t13-,14+,15+/m0/s1. The molecule has 3 rings (SSSR count). The predicted octanol–water partition coefficient (Wildman–Crippen LogP) is 1.57. The van der Waals surface area contributed by atoms with Crippen molar-refractivity contribution in [3.63, 3.8) is 0 Å². The van der Waals surface area contributed by atoms with Gasteiger partial charge >= 0.3 is 156 Å². The zero-order chi connectivity index (χ0) is 18.7. The fraction of sp³-hybridized carbons (Fsp3) is 0.412. The molecule has 0 saturated carbocycles. The summed E-state index contributed by atoms with van der Waals surface area (Å²) in [5.74, 6) is 0. The summed E-state index contributed by atoms with van der Waals surface area (Å²) in [6, 6.07) is 8.00. The van der Waals surface area contributed by atoms with Crippen LogP contribution >= 0.6 is 0 Å². The van der Waals surface area contributed by atoms with Crippen molar-refractivity contribution in [1.29, 1.82) is 0 Å². The first-order chi connectivity index (χ1) is 12.5. The molecule has 8 nitrogen and oxygen atoms in total. The van der Waals surface area contributed by atoms with Crippen LogP contribution in [0.4, 0.5) is 0 Å². The van der Waals surface area contributed by atoms with Crippen molar-refractivity contribution < 1.29 is 4.74 Å². The quantitative estimate of drug-likeness (QED) is 0.343. The Labute approximate surface area is 156 Å². The molecule has 0 bridgehead atoms. The maximum atomic E-state index is 12.1. The Morgan fingerprint density at radius 2 is 2.08 bits per heavy atom. The van der Waals surface area contributed by atoms with Crippen LogP contribution < -0.4 is 15.7 Å². The Kier molecular flexibility index (Phi) is 5.64. The molecule has 2 heterocycles. The summed E-state index contributed by atoms with van der Waals surface area (Å²) in [6.45, 7) is 3.68. The molecular formula is C17H19N5O3Se. The summed E-state index contributed by atoms with van der Waals surface area (Å²) in [6.07, 6.45) is 1.10. The van der Waals surface area contributed by atoms with Crippen LogP contribution in [0.25, 0.3) is 10.4 Å². The molecule has 1 aliphatic rings. The van der Waals surface area contributed by atoms with Crippen LogP contribution in [0, 0.1) is 13.8 Å².